The first-order valence-electron chi connectivity index (χ1n) is 7.55. The summed E-state index contributed by atoms with van der Waals surface area (Å²) in [4.78, 5) is 24.0. The first kappa shape index (κ1) is 15.7. The summed E-state index contributed by atoms with van der Waals surface area (Å²) in [7, 11) is 0. The molecule has 5 heteroatoms. The summed E-state index contributed by atoms with van der Waals surface area (Å²) < 4.78 is 1.53. The second-order valence-corrected chi connectivity index (χ2v) is 5.33. The van der Waals surface area contributed by atoms with Crippen LogP contribution >= 0.6 is 0 Å². The number of aromatic nitrogens is 1. The Morgan fingerprint density at radius 1 is 0.917 bits per heavy atom. The molecule has 3 rings (SSSR count). The van der Waals surface area contributed by atoms with Gasteiger partial charge in [-0.2, -0.15) is 0 Å². The number of nitrogens with one attached hydrogen (secondary N) is 1. The maximum absolute atomic E-state index is 12.2. The number of nitrogens with zero attached hydrogens (tertiary/aromatic N) is 1. The molecule has 1 aromatic heterocycles. The summed E-state index contributed by atoms with van der Waals surface area (Å²) in [6.07, 6.45) is 1.70. The molecule has 0 aliphatic heterocycles. The van der Waals surface area contributed by atoms with E-state index in [-0.39, 0.29) is 11.5 Å². The fraction of sp³-hybridized carbons (Fsp3) is 0.0526. The Kier molecular flexibility index (Phi) is 4.54. The van der Waals surface area contributed by atoms with Crippen molar-refractivity contribution in [3.63, 3.8) is 0 Å². The molecule has 24 heavy (non-hydrogen) atoms. The van der Waals surface area contributed by atoms with Crippen LogP contribution in [-0.4, -0.2) is 10.5 Å². The molecule has 0 saturated heterocycles. The van der Waals surface area contributed by atoms with Gasteiger partial charge in [-0.15, -0.1) is 0 Å². The summed E-state index contributed by atoms with van der Waals surface area (Å²) in [6, 6.07) is 20.4. The summed E-state index contributed by atoms with van der Waals surface area (Å²) in [6.45, 7) is 0. The molecule has 1 atom stereocenters. The lowest BCUT2D eigenvalue weighted by Crippen LogP contribution is -2.27. The molecule has 120 valence electrons. The Morgan fingerprint density at radius 3 is 2.25 bits per heavy atom. The lowest BCUT2D eigenvalue weighted by molar-refractivity contribution is -0.117. The predicted molar refractivity (Wildman–Crippen MR) is 94.0 cm³/mol. The molecule has 2 aromatic carbocycles. The van der Waals surface area contributed by atoms with E-state index in [2.05, 4.69) is 5.32 Å². The van der Waals surface area contributed by atoms with Crippen LogP contribution in [0.5, 0.6) is 0 Å². The Bertz CT molecular complexity index is 886. The van der Waals surface area contributed by atoms with E-state index >= 15 is 0 Å². The zero-order valence-electron chi connectivity index (χ0n) is 12.9. The zero-order valence-corrected chi connectivity index (χ0v) is 12.9. The van der Waals surface area contributed by atoms with Crippen LogP contribution in [-0.2, 0) is 4.79 Å². The summed E-state index contributed by atoms with van der Waals surface area (Å²) in [5, 5.41) is 2.78. The largest absolute Gasteiger partial charge is 0.324 e. The van der Waals surface area contributed by atoms with Gasteiger partial charge in [0.25, 0.3) is 5.56 Å². The number of nitrogens with two attached hydrogens (primary N) is 1. The SMILES string of the molecule is NC(C(=O)Nc1ccc(-n2ccccc2=O)cc1)c1ccccc1. The Hall–Kier alpha value is -3.18. The minimum atomic E-state index is -0.734. The molecule has 1 amide bonds. The number of hydrogen-bond acceptors (Lipinski definition) is 3. The van der Waals surface area contributed by atoms with E-state index in [1.54, 1.807) is 42.6 Å². The third-order valence-electron chi connectivity index (χ3n) is 3.68. The van der Waals surface area contributed by atoms with Crippen LogP contribution in [0.25, 0.3) is 5.69 Å². The highest BCUT2D eigenvalue weighted by molar-refractivity contribution is 5.95. The summed E-state index contributed by atoms with van der Waals surface area (Å²) in [5.74, 6) is -0.286. The molecule has 3 aromatic rings. The topological polar surface area (TPSA) is 77.1 Å². The van der Waals surface area contributed by atoms with E-state index in [0.717, 1.165) is 11.3 Å². The highest BCUT2D eigenvalue weighted by Crippen LogP contribution is 2.15. The first-order chi connectivity index (χ1) is 11.6. The van der Waals surface area contributed by atoms with Crippen molar-refractivity contribution >= 4 is 11.6 Å². The third kappa shape index (κ3) is 3.42. The van der Waals surface area contributed by atoms with Gasteiger partial charge in [0.1, 0.15) is 6.04 Å². The molecule has 0 radical (unpaired) electrons. The van der Waals surface area contributed by atoms with Crippen LogP contribution in [0.2, 0.25) is 0 Å². The van der Waals surface area contributed by atoms with Crippen LogP contribution < -0.4 is 16.6 Å². The fourth-order valence-corrected chi connectivity index (χ4v) is 2.38. The normalized spacial score (nSPS) is 11.7. The molecule has 0 spiro atoms. The van der Waals surface area contributed by atoms with E-state index in [1.807, 2.05) is 30.3 Å². The number of rotatable bonds is 4. The van der Waals surface area contributed by atoms with Gasteiger partial charge < -0.3 is 11.1 Å². The molecule has 1 unspecified atom stereocenters. The van der Waals surface area contributed by atoms with Crippen molar-refractivity contribution in [3.05, 3.63) is 94.9 Å². The van der Waals surface area contributed by atoms with Crippen LogP contribution in [0, 0.1) is 0 Å². The average molecular weight is 319 g/mol. The summed E-state index contributed by atoms with van der Waals surface area (Å²) in [5.41, 5.74) is 7.96. The molecule has 0 aliphatic carbocycles. The molecule has 0 fully saturated rings. The number of anilines is 1. The van der Waals surface area contributed by atoms with Gasteiger partial charge in [0.15, 0.2) is 0 Å². The van der Waals surface area contributed by atoms with E-state index in [4.69, 9.17) is 5.73 Å². The van der Waals surface area contributed by atoms with Gasteiger partial charge in [0.05, 0.1) is 0 Å². The first-order valence-corrected chi connectivity index (χ1v) is 7.55. The number of hydrogen-bond donors (Lipinski definition) is 2. The van der Waals surface area contributed by atoms with Crippen molar-refractivity contribution in [2.45, 2.75) is 6.04 Å². The average Bonchev–Trinajstić information content (AvgIpc) is 2.63. The lowest BCUT2D eigenvalue weighted by Gasteiger charge is -2.13. The summed E-state index contributed by atoms with van der Waals surface area (Å²) >= 11 is 0. The van der Waals surface area contributed by atoms with Gasteiger partial charge in [0.2, 0.25) is 5.91 Å². The molecule has 3 N–H and O–H groups in total. The molecular formula is C19H17N3O2. The van der Waals surface area contributed by atoms with Crippen molar-refractivity contribution in [2.24, 2.45) is 5.73 Å². The number of pyridine rings is 1. The second kappa shape index (κ2) is 6.93. The van der Waals surface area contributed by atoms with Crippen LogP contribution in [0.1, 0.15) is 11.6 Å². The van der Waals surface area contributed by atoms with Crippen molar-refractivity contribution < 1.29 is 4.79 Å². The van der Waals surface area contributed by atoms with Gasteiger partial charge in [-0.1, -0.05) is 36.4 Å². The van der Waals surface area contributed by atoms with Crippen molar-refractivity contribution in [1.29, 1.82) is 0 Å². The minimum absolute atomic E-state index is 0.111. The Labute approximate surface area is 139 Å². The lowest BCUT2D eigenvalue weighted by atomic mass is 10.1. The van der Waals surface area contributed by atoms with Crippen molar-refractivity contribution in [3.8, 4) is 5.69 Å². The third-order valence-corrected chi connectivity index (χ3v) is 3.68. The van der Waals surface area contributed by atoms with Crippen molar-refractivity contribution in [2.75, 3.05) is 5.32 Å². The van der Waals surface area contributed by atoms with Crippen molar-refractivity contribution in [1.82, 2.24) is 4.57 Å². The van der Waals surface area contributed by atoms with Gasteiger partial charge in [-0.25, -0.2) is 0 Å². The molecule has 5 nitrogen and oxygen atoms in total. The van der Waals surface area contributed by atoms with Gasteiger partial charge in [0, 0.05) is 23.6 Å². The van der Waals surface area contributed by atoms with Gasteiger partial charge in [-0.3, -0.25) is 14.2 Å². The molecule has 0 bridgehead atoms. The van der Waals surface area contributed by atoms with Crippen LogP contribution in [0.4, 0.5) is 5.69 Å². The maximum atomic E-state index is 12.2. The molecular weight excluding hydrogens is 302 g/mol. The number of carbonyl (C=O) groups is 1. The fourth-order valence-electron chi connectivity index (χ4n) is 2.38. The number of benzene rings is 2. The monoisotopic (exact) mass is 319 g/mol. The van der Waals surface area contributed by atoms with Gasteiger partial charge in [-0.05, 0) is 35.9 Å². The quantitative estimate of drug-likeness (QED) is 0.775. The van der Waals surface area contributed by atoms with Crippen LogP contribution in [0.3, 0.4) is 0 Å². The smallest absolute Gasteiger partial charge is 0.255 e. The second-order valence-electron chi connectivity index (χ2n) is 5.33. The van der Waals surface area contributed by atoms with E-state index in [1.165, 1.54) is 10.6 Å². The Morgan fingerprint density at radius 2 is 1.58 bits per heavy atom. The number of carbonyl (C=O) groups excluding carboxylic acids is 1. The molecule has 0 saturated carbocycles. The minimum Gasteiger partial charge on any atom is -0.324 e. The van der Waals surface area contributed by atoms with E-state index in [0.29, 0.717) is 5.69 Å². The van der Waals surface area contributed by atoms with Gasteiger partial charge >= 0.3 is 0 Å². The number of amides is 1. The highest BCUT2D eigenvalue weighted by atomic mass is 16.2. The predicted octanol–water partition coefficient (Wildman–Crippen LogP) is 2.48. The Balaban J connectivity index is 1.74. The zero-order chi connectivity index (χ0) is 16.9. The standard InChI is InChI=1S/C19H17N3O2/c20-18(14-6-2-1-3-7-14)19(24)21-15-9-11-16(12-10-15)22-13-5-4-8-17(22)23/h1-13,18H,20H2,(H,21,24). The molecule has 0 aliphatic rings. The maximum Gasteiger partial charge on any atom is 0.255 e. The highest BCUT2D eigenvalue weighted by Gasteiger charge is 2.15. The van der Waals surface area contributed by atoms with E-state index in [9.17, 15) is 9.59 Å². The van der Waals surface area contributed by atoms with E-state index < -0.39 is 6.04 Å². The molecule has 1 heterocycles. The van der Waals surface area contributed by atoms with Crippen LogP contribution in [0.15, 0.2) is 83.8 Å².